The van der Waals surface area contributed by atoms with Crippen molar-refractivity contribution in [1.82, 2.24) is 10.6 Å². The third kappa shape index (κ3) is 7.25. The second-order valence-electron chi connectivity index (χ2n) is 5.98. The monoisotopic (exact) mass is 509 g/mol. The fourth-order valence-corrected chi connectivity index (χ4v) is 3.17. The number of alkyl halides is 3. The molecule has 2 aromatic carbocycles. The lowest BCUT2D eigenvalue weighted by atomic mass is 10.1. The number of carbonyl (C=O) groups excluding carboxylic acids is 1. The van der Waals surface area contributed by atoms with Gasteiger partial charge >= 0.3 is 0 Å². The summed E-state index contributed by atoms with van der Waals surface area (Å²) in [6.45, 7) is 0. The molecule has 0 radical (unpaired) electrons. The Bertz CT molecular complexity index is 909. The molecule has 0 bridgehead atoms. The molecular formula is C19H19Cl4N3O3S. The third-order valence-electron chi connectivity index (χ3n) is 3.88. The predicted molar refractivity (Wildman–Crippen MR) is 126 cm³/mol. The molecule has 30 heavy (non-hydrogen) atoms. The molecule has 0 aromatic heterocycles. The molecule has 0 spiro atoms. The summed E-state index contributed by atoms with van der Waals surface area (Å²) in [5.41, 5.74) is 1.20. The zero-order chi connectivity index (χ0) is 22.3. The molecule has 0 saturated heterocycles. The van der Waals surface area contributed by atoms with E-state index in [4.69, 9.17) is 68.1 Å². The number of halogens is 4. The van der Waals surface area contributed by atoms with E-state index in [0.717, 1.165) is 0 Å². The van der Waals surface area contributed by atoms with Crippen LogP contribution in [0.5, 0.6) is 11.5 Å². The van der Waals surface area contributed by atoms with Crippen LogP contribution in [0, 0.1) is 0 Å². The SMILES string of the molecule is COc1ccc(CC(=O)NC(NC(=S)Nc2ccccc2Cl)C(Cl)(Cl)Cl)c(OC)c1. The van der Waals surface area contributed by atoms with Crippen LogP contribution in [0.1, 0.15) is 5.56 Å². The van der Waals surface area contributed by atoms with Crippen molar-refractivity contribution in [2.75, 3.05) is 19.5 Å². The van der Waals surface area contributed by atoms with E-state index in [9.17, 15) is 4.79 Å². The number of anilines is 1. The van der Waals surface area contributed by atoms with Crippen molar-refractivity contribution in [2.45, 2.75) is 16.4 Å². The van der Waals surface area contributed by atoms with Crippen molar-refractivity contribution in [3.63, 3.8) is 0 Å². The van der Waals surface area contributed by atoms with E-state index in [0.29, 0.717) is 27.8 Å². The molecule has 1 unspecified atom stereocenters. The normalized spacial score (nSPS) is 11.9. The van der Waals surface area contributed by atoms with Gasteiger partial charge in [-0.05, 0) is 30.4 Å². The molecule has 1 amide bonds. The van der Waals surface area contributed by atoms with Gasteiger partial charge in [-0.1, -0.05) is 64.6 Å². The van der Waals surface area contributed by atoms with Crippen LogP contribution in [0.15, 0.2) is 42.5 Å². The fourth-order valence-electron chi connectivity index (χ4n) is 2.43. The quantitative estimate of drug-likeness (QED) is 0.285. The molecule has 6 nitrogen and oxygen atoms in total. The summed E-state index contributed by atoms with van der Waals surface area (Å²) >= 11 is 29.4. The number of ether oxygens (including phenoxy) is 2. The van der Waals surface area contributed by atoms with Crippen LogP contribution in [-0.4, -0.2) is 35.2 Å². The van der Waals surface area contributed by atoms with Crippen molar-refractivity contribution in [1.29, 1.82) is 0 Å². The summed E-state index contributed by atoms with van der Waals surface area (Å²) in [4.78, 5) is 12.6. The number of benzene rings is 2. The lowest BCUT2D eigenvalue weighted by molar-refractivity contribution is -0.121. The van der Waals surface area contributed by atoms with Gasteiger partial charge in [-0.2, -0.15) is 0 Å². The number of para-hydroxylation sites is 1. The molecule has 1 atom stereocenters. The van der Waals surface area contributed by atoms with Crippen molar-refractivity contribution < 1.29 is 14.3 Å². The summed E-state index contributed by atoms with van der Waals surface area (Å²) in [5.74, 6) is 0.689. The summed E-state index contributed by atoms with van der Waals surface area (Å²) in [6.07, 6.45) is -1.13. The van der Waals surface area contributed by atoms with Gasteiger partial charge < -0.3 is 25.4 Å². The minimum atomic E-state index is -1.88. The van der Waals surface area contributed by atoms with Gasteiger partial charge in [0.05, 0.1) is 31.4 Å². The number of thiocarbonyl (C=S) groups is 1. The van der Waals surface area contributed by atoms with Crippen LogP contribution < -0.4 is 25.4 Å². The highest BCUT2D eigenvalue weighted by molar-refractivity contribution is 7.80. The number of carbonyl (C=O) groups is 1. The highest BCUT2D eigenvalue weighted by atomic mass is 35.6. The first-order chi connectivity index (χ1) is 14.1. The Morgan fingerprint density at radius 1 is 1.10 bits per heavy atom. The summed E-state index contributed by atoms with van der Waals surface area (Å²) in [5, 5.41) is 8.87. The molecule has 0 fully saturated rings. The first kappa shape index (κ1) is 24.6. The Morgan fingerprint density at radius 3 is 2.40 bits per heavy atom. The molecular weight excluding hydrogens is 492 g/mol. The topological polar surface area (TPSA) is 71.6 Å². The predicted octanol–water partition coefficient (Wildman–Crippen LogP) is 4.70. The Labute approximate surface area is 200 Å². The van der Waals surface area contributed by atoms with Gasteiger partial charge in [-0.25, -0.2) is 0 Å². The molecule has 3 N–H and O–H groups in total. The average molecular weight is 511 g/mol. The molecule has 0 aliphatic carbocycles. The number of nitrogens with one attached hydrogen (secondary N) is 3. The summed E-state index contributed by atoms with van der Waals surface area (Å²) < 4.78 is 8.58. The van der Waals surface area contributed by atoms with Crippen LogP contribution in [0.25, 0.3) is 0 Å². The van der Waals surface area contributed by atoms with Gasteiger partial charge in [0.25, 0.3) is 0 Å². The zero-order valence-electron chi connectivity index (χ0n) is 16.0. The number of hydrogen-bond acceptors (Lipinski definition) is 4. The van der Waals surface area contributed by atoms with Gasteiger partial charge in [-0.3, -0.25) is 4.79 Å². The van der Waals surface area contributed by atoms with Crippen LogP contribution in [0.3, 0.4) is 0 Å². The van der Waals surface area contributed by atoms with Crippen LogP contribution in [0.4, 0.5) is 5.69 Å². The van der Waals surface area contributed by atoms with Crippen LogP contribution in [-0.2, 0) is 11.2 Å². The van der Waals surface area contributed by atoms with E-state index in [-0.39, 0.29) is 11.5 Å². The molecule has 0 heterocycles. The molecule has 2 rings (SSSR count). The standard InChI is InChI=1S/C19H19Cl4N3O3S/c1-28-12-8-7-11(15(10-12)29-2)9-16(27)25-17(19(21,22)23)26-18(30)24-14-6-4-3-5-13(14)20/h3-8,10,17H,9H2,1-2H3,(H,25,27)(H2,24,26,30). The number of rotatable bonds is 7. The fraction of sp³-hybridized carbons (Fsp3) is 0.263. The highest BCUT2D eigenvalue weighted by Crippen LogP contribution is 2.30. The smallest absolute Gasteiger partial charge is 0.228 e. The van der Waals surface area contributed by atoms with Gasteiger partial charge in [0.1, 0.15) is 17.7 Å². The lowest BCUT2D eigenvalue weighted by Gasteiger charge is -2.28. The van der Waals surface area contributed by atoms with Crippen molar-refractivity contribution in [2.24, 2.45) is 0 Å². The average Bonchev–Trinajstić information content (AvgIpc) is 2.68. The summed E-state index contributed by atoms with van der Waals surface area (Å²) in [6, 6.07) is 12.1. The molecule has 0 aliphatic rings. The van der Waals surface area contributed by atoms with Gasteiger partial charge in [0, 0.05) is 11.6 Å². The Hall–Kier alpha value is -1.64. The maximum atomic E-state index is 12.6. The van der Waals surface area contributed by atoms with Crippen LogP contribution >= 0.6 is 58.6 Å². The lowest BCUT2D eigenvalue weighted by Crippen LogP contribution is -2.56. The Morgan fingerprint density at radius 2 is 1.80 bits per heavy atom. The number of methoxy groups -OCH3 is 2. The maximum Gasteiger partial charge on any atom is 0.228 e. The largest absolute Gasteiger partial charge is 0.497 e. The number of amides is 1. The number of hydrogen-bond donors (Lipinski definition) is 3. The van der Waals surface area contributed by atoms with Crippen molar-refractivity contribution >= 4 is 75.3 Å². The van der Waals surface area contributed by atoms with E-state index in [2.05, 4.69) is 16.0 Å². The molecule has 0 saturated carbocycles. The Kier molecular flexibility index (Phi) is 9.12. The van der Waals surface area contributed by atoms with E-state index >= 15 is 0 Å². The molecule has 11 heteroatoms. The zero-order valence-corrected chi connectivity index (χ0v) is 19.8. The molecule has 2 aromatic rings. The minimum absolute atomic E-state index is 0.0171. The van der Waals surface area contributed by atoms with Crippen molar-refractivity contribution in [3.8, 4) is 11.5 Å². The third-order valence-corrected chi connectivity index (χ3v) is 5.08. The minimum Gasteiger partial charge on any atom is -0.497 e. The second kappa shape index (κ2) is 11.1. The second-order valence-corrected chi connectivity index (χ2v) is 9.16. The van der Waals surface area contributed by atoms with E-state index in [1.165, 1.54) is 14.2 Å². The highest BCUT2D eigenvalue weighted by Gasteiger charge is 2.34. The van der Waals surface area contributed by atoms with Crippen molar-refractivity contribution in [3.05, 3.63) is 53.1 Å². The first-order valence-corrected chi connectivity index (χ1v) is 10.4. The van der Waals surface area contributed by atoms with Gasteiger partial charge in [0.15, 0.2) is 5.11 Å². The molecule has 0 aliphatic heterocycles. The Balaban J connectivity index is 2.06. The van der Waals surface area contributed by atoms with Gasteiger partial charge in [0.2, 0.25) is 9.70 Å². The van der Waals surface area contributed by atoms with Crippen LogP contribution in [0.2, 0.25) is 5.02 Å². The van der Waals surface area contributed by atoms with E-state index in [1.54, 1.807) is 42.5 Å². The van der Waals surface area contributed by atoms with Gasteiger partial charge in [-0.15, -0.1) is 0 Å². The summed E-state index contributed by atoms with van der Waals surface area (Å²) in [7, 11) is 3.04. The molecule has 162 valence electrons. The van der Waals surface area contributed by atoms with E-state index < -0.39 is 15.9 Å². The maximum absolute atomic E-state index is 12.6. The van der Waals surface area contributed by atoms with E-state index in [1.807, 2.05) is 0 Å². The first-order valence-electron chi connectivity index (χ1n) is 8.53.